The van der Waals surface area contributed by atoms with E-state index in [2.05, 4.69) is 4.40 Å². The molecule has 1 aromatic rings. The van der Waals surface area contributed by atoms with Crippen molar-refractivity contribution in [3.8, 4) is 11.5 Å². The SMILES string of the molecule is CCCCN1C(C(=O)O)=CC(c2ccc(OC)c(OC)c2)=NS1(=O)=O. The van der Waals surface area contributed by atoms with E-state index in [9.17, 15) is 18.3 Å². The number of carboxylic acid groups (broad SMARTS) is 1. The smallest absolute Gasteiger partial charge is 0.353 e. The molecule has 0 amide bonds. The molecule has 136 valence electrons. The van der Waals surface area contributed by atoms with Gasteiger partial charge in [-0.1, -0.05) is 13.3 Å². The lowest BCUT2D eigenvalue weighted by molar-refractivity contribution is -0.133. The average molecular weight is 368 g/mol. The first kappa shape index (κ1) is 18.8. The van der Waals surface area contributed by atoms with Crippen LogP contribution < -0.4 is 9.47 Å². The van der Waals surface area contributed by atoms with Crippen LogP contribution >= 0.6 is 0 Å². The minimum Gasteiger partial charge on any atom is -0.493 e. The number of aliphatic carboxylic acids is 1. The Kier molecular flexibility index (Phi) is 5.68. The topological polar surface area (TPSA) is 106 Å². The number of hydrogen-bond donors (Lipinski definition) is 1. The Labute approximate surface area is 146 Å². The molecule has 1 aliphatic rings. The van der Waals surface area contributed by atoms with E-state index in [4.69, 9.17) is 9.47 Å². The summed E-state index contributed by atoms with van der Waals surface area (Å²) in [4.78, 5) is 11.5. The zero-order valence-corrected chi connectivity index (χ0v) is 15.0. The second kappa shape index (κ2) is 7.56. The number of hydrogen-bond acceptors (Lipinski definition) is 5. The third kappa shape index (κ3) is 3.93. The summed E-state index contributed by atoms with van der Waals surface area (Å²) in [5.41, 5.74) is 0.120. The standard InChI is InChI=1S/C16H20N2O6S/c1-4-5-8-18-13(16(19)20)10-12(17-25(18,21)22)11-6-7-14(23-2)15(9-11)24-3/h6-7,9-10H,4-5,8H2,1-3H3,(H,19,20). The third-order valence-electron chi connectivity index (χ3n) is 3.65. The number of methoxy groups -OCH3 is 2. The van der Waals surface area contributed by atoms with Crippen molar-refractivity contribution in [2.75, 3.05) is 20.8 Å². The second-order valence-electron chi connectivity index (χ2n) is 5.28. The van der Waals surface area contributed by atoms with Gasteiger partial charge in [-0.2, -0.15) is 8.42 Å². The Morgan fingerprint density at radius 2 is 1.92 bits per heavy atom. The van der Waals surface area contributed by atoms with E-state index in [1.54, 1.807) is 18.2 Å². The predicted octanol–water partition coefficient (Wildman–Crippen LogP) is 1.82. The van der Waals surface area contributed by atoms with Crippen molar-refractivity contribution in [1.29, 1.82) is 0 Å². The molecule has 1 N–H and O–H groups in total. The maximum Gasteiger partial charge on any atom is 0.353 e. The maximum absolute atomic E-state index is 12.4. The molecule has 0 fully saturated rings. The number of ether oxygens (including phenoxy) is 2. The van der Waals surface area contributed by atoms with Crippen LogP contribution in [-0.4, -0.2) is 50.3 Å². The molecule has 9 heteroatoms. The fourth-order valence-corrected chi connectivity index (χ4v) is 3.61. The van der Waals surface area contributed by atoms with Crippen molar-refractivity contribution in [3.05, 3.63) is 35.5 Å². The summed E-state index contributed by atoms with van der Waals surface area (Å²) in [7, 11) is -1.19. The molecular weight excluding hydrogens is 348 g/mol. The molecule has 1 heterocycles. The number of allylic oxidation sites excluding steroid dienone is 1. The van der Waals surface area contributed by atoms with E-state index in [-0.39, 0.29) is 18.0 Å². The number of carboxylic acids is 1. The van der Waals surface area contributed by atoms with Crippen LogP contribution in [0.1, 0.15) is 25.3 Å². The van der Waals surface area contributed by atoms with Crippen molar-refractivity contribution in [2.24, 2.45) is 4.40 Å². The molecule has 0 saturated heterocycles. The van der Waals surface area contributed by atoms with Gasteiger partial charge in [-0.05, 0) is 30.7 Å². The van der Waals surface area contributed by atoms with Crippen LogP contribution in [0.5, 0.6) is 11.5 Å². The van der Waals surface area contributed by atoms with Crippen molar-refractivity contribution in [2.45, 2.75) is 19.8 Å². The minimum atomic E-state index is -4.12. The van der Waals surface area contributed by atoms with Gasteiger partial charge in [-0.3, -0.25) is 0 Å². The summed E-state index contributed by atoms with van der Waals surface area (Å²) in [5.74, 6) is -0.469. The second-order valence-corrected chi connectivity index (χ2v) is 6.80. The van der Waals surface area contributed by atoms with Crippen molar-refractivity contribution in [3.63, 3.8) is 0 Å². The summed E-state index contributed by atoms with van der Waals surface area (Å²) in [5, 5.41) is 9.41. The van der Waals surface area contributed by atoms with E-state index in [1.807, 2.05) is 6.92 Å². The average Bonchev–Trinajstić information content (AvgIpc) is 2.58. The van der Waals surface area contributed by atoms with Gasteiger partial charge in [-0.25, -0.2) is 9.10 Å². The Hall–Kier alpha value is -2.55. The molecule has 8 nitrogen and oxygen atoms in total. The highest BCUT2D eigenvalue weighted by Gasteiger charge is 2.32. The van der Waals surface area contributed by atoms with Gasteiger partial charge in [0.1, 0.15) is 5.70 Å². The van der Waals surface area contributed by atoms with Gasteiger partial charge in [0.2, 0.25) is 0 Å². The normalized spacial score (nSPS) is 16.0. The van der Waals surface area contributed by atoms with Crippen LogP contribution in [-0.2, 0) is 15.0 Å². The lowest BCUT2D eigenvalue weighted by atomic mass is 10.1. The summed E-state index contributed by atoms with van der Waals surface area (Å²) < 4.78 is 39.8. The maximum atomic E-state index is 12.4. The first-order valence-corrected chi connectivity index (χ1v) is 9.03. The Balaban J connectivity index is 2.52. The molecule has 0 aromatic heterocycles. The van der Waals surface area contributed by atoms with Crippen LogP contribution in [0.15, 0.2) is 34.4 Å². The highest BCUT2D eigenvalue weighted by Crippen LogP contribution is 2.30. The molecule has 0 bridgehead atoms. The molecule has 0 atom stereocenters. The molecule has 0 spiro atoms. The Bertz CT molecular complexity index is 829. The van der Waals surface area contributed by atoms with Gasteiger partial charge < -0.3 is 14.6 Å². The Morgan fingerprint density at radius 3 is 2.48 bits per heavy atom. The lowest BCUT2D eigenvalue weighted by Crippen LogP contribution is -2.37. The van der Waals surface area contributed by atoms with Gasteiger partial charge in [0.15, 0.2) is 11.5 Å². The third-order valence-corrected chi connectivity index (χ3v) is 5.01. The van der Waals surface area contributed by atoms with Crippen LogP contribution in [0, 0.1) is 0 Å². The monoisotopic (exact) mass is 368 g/mol. The van der Waals surface area contributed by atoms with Crippen LogP contribution in [0.3, 0.4) is 0 Å². The van der Waals surface area contributed by atoms with E-state index in [1.165, 1.54) is 20.3 Å². The fourth-order valence-electron chi connectivity index (χ4n) is 2.36. The molecule has 1 aliphatic heterocycles. The highest BCUT2D eigenvalue weighted by atomic mass is 32.2. The predicted molar refractivity (Wildman–Crippen MR) is 92.3 cm³/mol. The van der Waals surface area contributed by atoms with E-state index >= 15 is 0 Å². The zero-order valence-electron chi connectivity index (χ0n) is 14.2. The van der Waals surface area contributed by atoms with Crippen molar-refractivity contribution < 1.29 is 27.8 Å². The summed E-state index contributed by atoms with van der Waals surface area (Å²) in [6.07, 6.45) is 2.51. The molecule has 1 aromatic carbocycles. The molecule has 0 saturated carbocycles. The zero-order chi connectivity index (χ0) is 18.6. The lowest BCUT2D eigenvalue weighted by Gasteiger charge is -2.25. The summed E-state index contributed by atoms with van der Waals surface area (Å²) in [6.45, 7) is 1.96. The molecule has 2 rings (SSSR count). The van der Waals surface area contributed by atoms with Gasteiger partial charge in [0.05, 0.1) is 19.9 Å². The molecular formula is C16H20N2O6S. The minimum absolute atomic E-state index is 0.0334. The van der Waals surface area contributed by atoms with Gasteiger partial charge in [-0.15, -0.1) is 4.40 Å². The van der Waals surface area contributed by atoms with Gasteiger partial charge in [0.25, 0.3) is 0 Å². The number of rotatable bonds is 7. The number of carbonyl (C=O) groups is 1. The number of benzene rings is 1. The largest absolute Gasteiger partial charge is 0.493 e. The fraction of sp³-hybridized carbons (Fsp3) is 0.375. The van der Waals surface area contributed by atoms with Crippen LogP contribution in [0.25, 0.3) is 0 Å². The molecule has 0 aliphatic carbocycles. The van der Waals surface area contributed by atoms with Crippen LogP contribution in [0.2, 0.25) is 0 Å². The number of nitrogens with zero attached hydrogens (tertiary/aromatic N) is 2. The van der Waals surface area contributed by atoms with E-state index in [0.717, 1.165) is 10.7 Å². The first-order chi connectivity index (χ1) is 11.8. The molecule has 25 heavy (non-hydrogen) atoms. The number of unbranched alkanes of at least 4 members (excludes halogenated alkanes) is 1. The quantitative estimate of drug-likeness (QED) is 0.787. The summed E-state index contributed by atoms with van der Waals surface area (Å²) in [6, 6.07) is 4.74. The van der Waals surface area contributed by atoms with Crippen LogP contribution in [0.4, 0.5) is 0 Å². The molecule has 0 radical (unpaired) electrons. The highest BCUT2D eigenvalue weighted by molar-refractivity contribution is 7.88. The summed E-state index contributed by atoms with van der Waals surface area (Å²) >= 11 is 0. The van der Waals surface area contributed by atoms with Crippen molar-refractivity contribution >= 4 is 21.9 Å². The first-order valence-electron chi connectivity index (χ1n) is 7.64. The van der Waals surface area contributed by atoms with E-state index in [0.29, 0.717) is 23.5 Å². The Morgan fingerprint density at radius 1 is 1.24 bits per heavy atom. The van der Waals surface area contributed by atoms with Gasteiger partial charge in [0, 0.05) is 12.1 Å². The molecule has 0 unspecified atom stereocenters. The van der Waals surface area contributed by atoms with Gasteiger partial charge >= 0.3 is 16.2 Å². The van der Waals surface area contributed by atoms with Crippen molar-refractivity contribution in [1.82, 2.24) is 4.31 Å². The van der Waals surface area contributed by atoms with E-state index < -0.39 is 16.2 Å².